The van der Waals surface area contributed by atoms with E-state index < -0.39 is 12.1 Å². The summed E-state index contributed by atoms with van der Waals surface area (Å²) in [7, 11) is 1.62. The Balaban J connectivity index is 0.000000429. The molecule has 0 aliphatic heterocycles. The van der Waals surface area contributed by atoms with Crippen molar-refractivity contribution in [3.63, 3.8) is 0 Å². The van der Waals surface area contributed by atoms with Crippen LogP contribution in [0.3, 0.4) is 0 Å². The number of alkyl halides is 3. The molecule has 4 aromatic rings. The molecule has 0 atom stereocenters. The van der Waals surface area contributed by atoms with Gasteiger partial charge in [-0.2, -0.15) is 18.3 Å². The number of fused-ring (bicyclic) bond motifs is 1. The number of hydrogen-bond donors (Lipinski definition) is 3. The minimum Gasteiger partial charge on any atom is -0.497 e. The maximum absolute atomic E-state index is 12.5. The number of carbonyl (C=O) groups excluding carboxylic acids is 1. The topological polar surface area (TPSA) is 117 Å². The molecule has 0 saturated carbocycles. The van der Waals surface area contributed by atoms with E-state index >= 15 is 0 Å². The highest BCUT2D eigenvalue weighted by Crippen LogP contribution is 2.28. The molecule has 2 aromatic heterocycles. The minimum atomic E-state index is -5.08. The number of ether oxygens (including phenoxy) is 1. The van der Waals surface area contributed by atoms with Gasteiger partial charge < -0.3 is 15.2 Å². The van der Waals surface area contributed by atoms with Crippen molar-refractivity contribution in [2.75, 3.05) is 12.4 Å². The van der Waals surface area contributed by atoms with Gasteiger partial charge in [0.25, 0.3) is 0 Å². The van der Waals surface area contributed by atoms with Crippen LogP contribution in [0.5, 0.6) is 5.75 Å². The monoisotopic (exact) mass is 486 g/mol. The SMILES string of the molecule is COc1ccc(CC(=O)Nc2ncc3ccc(-c4cn[nH]c4)cc3c2C)cc1.O=C(O)C(F)(F)F. The van der Waals surface area contributed by atoms with E-state index in [4.69, 9.17) is 14.6 Å². The van der Waals surface area contributed by atoms with Crippen molar-refractivity contribution in [1.29, 1.82) is 0 Å². The highest BCUT2D eigenvalue weighted by Gasteiger charge is 2.38. The summed E-state index contributed by atoms with van der Waals surface area (Å²) in [6.07, 6.45) is 0.618. The number of aliphatic carboxylic acids is 1. The van der Waals surface area contributed by atoms with Gasteiger partial charge in [-0.15, -0.1) is 0 Å². The standard InChI is InChI=1S/C22H20N4O2.C2HF3O2/c1-14-20-10-16(18-12-24-25-13-18)5-6-17(20)11-23-22(14)26-21(27)9-15-3-7-19(28-2)8-4-15;3-2(4,5)1(6)7/h3-8,10-13H,9H2,1-2H3,(H,24,25)(H,23,26,27);(H,6,7). The number of anilines is 1. The normalized spacial score (nSPS) is 10.9. The molecule has 1 amide bonds. The fraction of sp³-hybridized carbons (Fsp3) is 0.167. The van der Waals surface area contributed by atoms with Crippen molar-refractivity contribution in [2.45, 2.75) is 19.5 Å². The minimum absolute atomic E-state index is 0.105. The Morgan fingerprint density at radius 2 is 1.77 bits per heavy atom. The fourth-order valence-corrected chi connectivity index (χ4v) is 3.17. The van der Waals surface area contributed by atoms with Crippen LogP contribution >= 0.6 is 0 Å². The predicted octanol–water partition coefficient (Wildman–Crippen LogP) is 4.76. The van der Waals surface area contributed by atoms with Crippen LogP contribution in [0, 0.1) is 6.92 Å². The van der Waals surface area contributed by atoms with Gasteiger partial charge in [-0.25, -0.2) is 9.78 Å². The fourth-order valence-electron chi connectivity index (χ4n) is 3.17. The second-order valence-corrected chi connectivity index (χ2v) is 7.40. The molecule has 3 N–H and O–H groups in total. The Kier molecular flexibility index (Phi) is 7.69. The molecule has 0 aliphatic rings. The third kappa shape index (κ3) is 6.56. The Hall–Kier alpha value is -4.41. The third-order valence-corrected chi connectivity index (χ3v) is 5.00. The lowest BCUT2D eigenvalue weighted by Crippen LogP contribution is -2.21. The maximum atomic E-state index is 12.5. The molecule has 4 rings (SSSR count). The van der Waals surface area contributed by atoms with E-state index in [1.54, 1.807) is 19.5 Å². The summed E-state index contributed by atoms with van der Waals surface area (Å²) < 4.78 is 36.9. The van der Waals surface area contributed by atoms with E-state index in [2.05, 4.69) is 26.6 Å². The van der Waals surface area contributed by atoms with E-state index in [-0.39, 0.29) is 12.3 Å². The average Bonchev–Trinajstić information content (AvgIpc) is 3.36. The second kappa shape index (κ2) is 10.7. The number of aromatic nitrogens is 3. The largest absolute Gasteiger partial charge is 0.497 e. The number of nitrogens with zero attached hydrogens (tertiary/aromatic N) is 2. The Bertz CT molecular complexity index is 1320. The number of benzene rings is 2. The first-order chi connectivity index (χ1) is 16.6. The van der Waals surface area contributed by atoms with Crippen LogP contribution < -0.4 is 10.1 Å². The molecule has 2 heterocycles. The predicted molar refractivity (Wildman–Crippen MR) is 123 cm³/mol. The number of carbonyl (C=O) groups is 2. The van der Waals surface area contributed by atoms with Gasteiger partial charge >= 0.3 is 12.1 Å². The highest BCUT2D eigenvalue weighted by atomic mass is 19.4. The molecule has 0 spiro atoms. The van der Waals surface area contributed by atoms with E-state index in [0.29, 0.717) is 5.82 Å². The summed E-state index contributed by atoms with van der Waals surface area (Å²) in [6.45, 7) is 1.97. The van der Waals surface area contributed by atoms with Crippen LogP contribution in [0.1, 0.15) is 11.1 Å². The summed E-state index contributed by atoms with van der Waals surface area (Å²) in [5.74, 6) is -1.52. The number of methoxy groups -OCH3 is 1. The van der Waals surface area contributed by atoms with Crippen LogP contribution in [-0.2, 0) is 16.0 Å². The number of hydrogen-bond acceptors (Lipinski definition) is 5. The average molecular weight is 486 g/mol. The number of carboxylic acid groups (broad SMARTS) is 1. The molecule has 0 unspecified atom stereocenters. The number of aromatic amines is 1. The van der Waals surface area contributed by atoms with Crippen molar-refractivity contribution < 1.29 is 32.6 Å². The lowest BCUT2D eigenvalue weighted by molar-refractivity contribution is -0.192. The molecule has 0 bridgehead atoms. The van der Waals surface area contributed by atoms with Gasteiger partial charge in [0.05, 0.1) is 19.7 Å². The molecular weight excluding hydrogens is 465 g/mol. The van der Waals surface area contributed by atoms with E-state index in [1.165, 1.54) is 0 Å². The van der Waals surface area contributed by atoms with Gasteiger partial charge in [-0.05, 0) is 47.2 Å². The molecule has 11 heteroatoms. The lowest BCUT2D eigenvalue weighted by Gasteiger charge is -2.11. The van der Waals surface area contributed by atoms with Crippen molar-refractivity contribution in [1.82, 2.24) is 15.2 Å². The van der Waals surface area contributed by atoms with Gasteiger partial charge in [0.2, 0.25) is 5.91 Å². The number of rotatable bonds is 5. The molecular formula is C24H21F3N4O4. The first kappa shape index (κ1) is 25.2. The van der Waals surface area contributed by atoms with Crippen molar-refractivity contribution in [2.24, 2.45) is 0 Å². The van der Waals surface area contributed by atoms with E-state index in [0.717, 1.165) is 38.8 Å². The molecule has 0 aliphatic carbocycles. The van der Waals surface area contributed by atoms with Gasteiger partial charge in [-0.3, -0.25) is 9.89 Å². The lowest BCUT2D eigenvalue weighted by atomic mass is 10.0. The van der Waals surface area contributed by atoms with Gasteiger partial charge in [0.15, 0.2) is 0 Å². The number of pyridine rings is 1. The molecule has 182 valence electrons. The molecule has 8 nitrogen and oxygen atoms in total. The molecule has 2 aromatic carbocycles. The first-order valence-electron chi connectivity index (χ1n) is 10.2. The first-order valence-corrected chi connectivity index (χ1v) is 10.2. The highest BCUT2D eigenvalue weighted by molar-refractivity contribution is 5.97. The Morgan fingerprint density at radius 1 is 1.09 bits per heavy atom. The number of aryl methyl sites for hydroxylation is 1. The van der Waals surface area contributed by atoms with Crippen molar-refractivity contribution in [3.8, 4) is 16.9 Å². The molecule has 0 fully saturated rings. The quantitative estimate of drug-likeness (QED) is 0.375. The number of carboxylic acids is 1. The van der Waals surface area contributed by atoms with Gasteiger partial charge in [0, 0.05) is 23.3 Å². The van der Waals surface area contributed by atoms with Crippen LogP contribution in [-0.4, -0.2) is 45.5 Å². The summed E-state index contributed by atoms with van der Waals surface area (Å²) >= 11 is 0. The van der Waals surface area contributed by atoms with Crippen molar-refractivity contribution >= 4 is 28.5 Å². The van der Waals surface area contributed by atoms with Gasteiger partial charge in [-0.1, -0.05) is 24.3 Å². The van der Waals surface area contributed by atoms with Gasteiger partial charge in [0.1, 0.15) is 11.6 Å². The molecule has 35 heavy (non-hydrogen) atoms. The van der Waals surface area contributed by atoms with Crippen LogP contribution in [0.15, 0.2) is 61.1 Å². The number of amides is 1. The number of nitrogens with one attached hydrogen (secondary N) is 2. The summed E-state index contributed by atoms with van der Waals surface area (Å²) in [6, 6.07) is 13.6. The zero-order valence-electron chi connectivity index (χ0n) is 18.7. The summed E-state index contributed by atoms with van der Waals surface area (Å²) in [5.41, 5.74) is 3.93. The zero-order chi connectivity index (χ0) is 25.6. The maximum Gasteiger partial charge on any atom is 0.490 e. The molecule has 0 saturated heterocycles. The van der Waals surface area contributed by atoms with Crippen LogP contribution in [0.4, 0.5) is 19.0 Å². The number of H-pyrrole nitrogens is 1. The second-order valence-electron chi connectivity index (χ2n) is 7.40. The van der Waals surface area contributed by atoms with Crippen molar-refractivity contribution in [3.05, 3.63) is 72.2 Å². The van der Waals surface area contributed by atoms with Crippen LogP contribution in [0.25, 0.3) is 21.9 Å². The zero-order valence-corrected chi connectivity index (χ0v) is 18.7. The third-order valence-electron chi connectivity index (χ3n) is 5.00. The van der Waals surface area contributed by atoms with E-state index in [9.17, 15) is 18.0 Å². The Morgan fingerprint density at radius 3 is 2.34 bits per heavy atom. The van der Waals surface area contributed by atoms with Crippen LogP contribution in [0.2, 0.25) is 0 Å². The summed E-state index contributed by atoms with van der Waals surface area (Å²) in [4.78, 5) is 25.8. The Labute approximate surface area is 197 Å². The number of halogens is 3. The molecule has 0 radical (unpaired) electrons. The summed E-state index contributed by atoms with van der Waals surface area (Å²) in [5, 5.41) is 19.0. The van der Waals surface area contributed by atoms with E-state index in [1.807, 2.05) is 49.5 Å². The smallest absolute Gasteiger partial charge is 0.490 e.